The van der Waals surface area contributed by atoms with Gasteiger partial charge in [0.15, 0.2) is 5.75 Å². The molecule has 0 saturated heterocycles. The number of hydrogen-bond donors (Lipinski definition) is 2. The van der Waals surface area contributed by atoms with Gasteiger partial charge in [-0.1, -0.05) is 24.4 Å². The molecule has 1 aromatic heterocycles. The lowest BCUT2D eigenvalue weighted by molar-refractivity contribution is -0.114. The number of carbonyl (C=O) groups is 1. The summed E-state index contributed by atoms with van der Waals surface area (Å²) in [5, 5.41) is 2.69. The summed E-state index contributed by atoms with van der Waals surface area (Å²) in [4.78, 5) is 15.5. The summed E-state index contributed by atoms with van der Waals surface area (Å²) in [5.41, 5.74) is 6.80. The number of benzene rings is 1. The van der Waals surface area contributed by atoms with E-state index in [0.29, 0.717) is 22.9 Å². The Morgan fingerprint density at radius 2 is 2.10 bits per heavy atom. The van der Waals surface area contributed by atoms with Crippen LogP contribution in [0, 0.1) is 0 Å². The van der Waals surface area contributed by atoms with E-state index in [1.807, 2.05) is 0 Å². The predicted molar refractivity (Wildman–Crippen MR) is 80.9 cm³/mol. The molecule has 0 radical (unpaired) electrons. The van der Waals surface area contributed by atoms with E-state index >= 15 is 0 Å². The molecule has 2 rings (SSSR count). The molecule has 0 saturated carbocycles. The van der Waals surface area contributed by atoms with Crippen molar-refractivity contribution in [3.05, 3.63) is 48.2 Å². The van der Waals surface area contributed by atoms with E-state index in [9.17, 15) is 4.79 Å². The Bertz CT molecular complexity index is 658. The van der Waals surface area contributed by atoms with Crippen molar-refractivity contribution < 1.29 is 9.53 Å². The summed E-state index contributed by atoms with van der Waals surface area (Å²) in [6.45, 7) is 1.43. The van der Waals surface area contributed by atoms with Crippen molar-refractivity contribution >= 4 is 28.8 Å². The van der Waals surface area contributed by atoms with Crippen LogP contribution >= 0.6 is 12.2 Å². The number of ether oxygens (including phenoxy) is 1. The molecule has 0 aliphatic rings. The van der Waals surface area contributed by atoms with Crippen LogP contribution in [-0.2, 0) is 4.79 Å². The van der Waals surface area contributed by atoms with E-state index in [2.05, 4.69) is 10.3 Å². The average Bonchev–Trinajstić information content (AvgIpc) is 2.41. The second-order valence-corrected chi connectivity index (χ2v) is 4.47. The third-order valence-corrected chi connectivity index (χ3v) is 2.67. The van der Waals surface area contributed by atoms with Gasteiger partial charge in [0, 0.05) is 24.8 Å². The maximum Gasteiger partial charge on any atom is 0.221 e. The number of thiocarbonyl (C=S) groups is 1. The number of amides is 1. The molecule has 0 fully saturated rings. The zero-order valence-corrected chi connectivity index (χ0v) is 11.6. The van der Waals surface area contributed by atoms with E-state index in [4.69, 9.17) is 22.7 Å². The lowest BCUT2D eigenvalue weighted by Gasteiger charge is -2.11. The second kappa shape index (κ2) is 6.12. The molecular weight excluding hydrogens is 274 g/mol. The van der Waals surface area contributed by atoms with Gasteiger partial charge in [0.05, 0.1) is 5.69 Å². The van der Waals surface area contributed by atoms with E-state index in [-0.39, 0.29) is 10.9 Å². The molecule has 0 spiro atoms. The summed E-state index contributed by atoms with van der Waals surface area (Å²) in [6, 6.07) is 10.4. The van der Waals surface area contributed by atoms with E-state index in [0.717, 1.165) is 0 Å². The number of pyridine rings is 1. The predicted octanol–water partition coefficient (Wildman–Crippen LogP) is 2.47. The van der Waals surface area contributed by atoms with Gasteiger partial charge < -0.3 is 15.8 Å². The molecule has 0 atom stereocenters. The molecule has 1 heterocycles. The minimum atomic E-state index is -0.175. The SMILES string of the molecule is CC(=O)Nc1ccccc1Oc1cc(C(N)=S)ccn1. The van der Waals surface area contributed by atoms with Gasteiger partial charge in [-0.25, -0.2) is 4.98 Å². The second-order valence-electron chi connectivity index (χ2n) is 4.03. The molecule has 6 heteroatoms. The number of hydrogen-bond acceptors (Lipinski definition) is 4. The van der Waals surface area contributed by atoms with Gasteiger partial charge in [0.25, 0.3) is 0 Å². The molecule has 20 heavy (non-hydrogen) atoms. The zero-order chi connectivity index (χ0) is 14.5. The first kappa shape index (κ1) is 14.0. The van der Waals surface area contributed by atoms with Crippen LogP contribution in [0.15, 0.2) is 42.6 Å². The summed E-state index contributed by atoms with van der Waals surface area (Å²) in [6.07, 6.45) is 1.56. The third kappa shape index (κ3) is 3.52. The Balaban J connectivity index is 2.28. The average molecular weight is 287 g/mol. The van der Waals surface area contributed by atoms with Crippen LogP contribution in [0.3, 0.4) is 0 Å². The molecule has 5 nitrogen and oxygen atoms in total. The Hall–Kier alpha value is -2.47. The third-order valence-electron chi connectivity index (χ3n) is 2.43. The number of aromatic nitrogens is 1. The first-order chi connectivity index (χ1) is 9.56. The largest absolute Gasteiger partial charge is 0.437 e. The highest BCUT2D eigenvalue weighted by Gasteiger charge is 2.07. The normalized spacial score (nSPS) is 9.85. The van der Waals surface area contributed by atoms with E-state index in [1.165, 1.54) is 6.92 Å². The fourth-order valence-corrected chi connectivity index (χ4v) is 1.71. The fourth-order valence-electron chi connectivity index (χ4n) is 1.58. The number of carbonyl (C=O) groups excluding carboxylic acids is 1. The number of nitrogens with two attached hydrogens (primary N) is 1. The van der Waals surface area contributed by atoms with Crippen LogP contribution in [-0.4, -0.2) is 15.9 Å². The first-order valence-electron chi connectivity index (χ1n) is 5.86. The van der Waals surface area contributed by atoms with Crippen molar-refractivity contribution in [2.75, 3.05) is 5.32 Å². The highest BCUT2D eigenvalue weighted by atomic mass is 32.1. The smallest absolute Gasteiger partial charge is 0.221 e. The number of para-hydroxylation sites is 2. The van der Waals surface area contributed by atoms with Crippen LogP contribution in [0.1, 0.15) is 12.5 Å². The maximum atomic E-state index is 11.1. The topological polar surface area (TPSA) is 77.2 Å². The van der Waals surface area contributed by atoms with Crippen LogP contribution in [0.5, 0.6) is 11.6 Å². The Morgan fingerprint density at radius 1 is 1.35 bits per heavy atom. The fraction of sp³-hybridized carbons (Fsp3) is 0.0714. The molecule has 0 bridgehead atoms. The maximum absolute atomic E-state index is 11.1. The summed E-state index contributed by atoms with van der Waals surface area (Å²) >= 11 is 4.91. The standard InChI is InChI=1S/C14H13N3O2S/c1-9(18)17-11-4-2-3-5-12(11)19-13-8-10(14(15)20)6-7-16-13/h2-8H,1H3,(H2,15,20)(H,17,18). The van der Waals surface area contributed by atoms with Crippen molar-refractivity contribution in [2.45, 2.75) is 6.92 Å². The molecule has 1 amide bonds. The number of nitrogens with zero attached hydrogens (tertiary/aromatic N) is 1. The molecule has 0 aliphatic carbocycles. The van der Waals surface area contributed by atoms with E-state index in [1.54, 1.807) is 42.6 Å². The number of nitrogens with one attached hydrogen (secondary N) is 1. The molecule has 102 valence electrons. The Labute approximate surface area is 121 Å². The molecule has 2 aromatic rings. The van der Waals surface area contributed by atoms with Gasteiger partial charge in [-0.15, -0.1) is 0 Å². The van der Waals surface area contributed by atoms with Crippen molar-refractivity contribution in [1.82, 2.24) is 4.98 Å². The zero-order valence-electron chi connectivity index (χ0n) is 10.8. The summed E-state index contributed by atoms with van der Waals surface area (Å²) < 4.78 is 5.66. The van der Waals surface area contributed by atoms with Gasteiger partial charge in [-0.3, -0.25) is 4.79 Å². The monoisotopic (exact) mass is 287 g/mol. The molecule has 1 aromatic carbocycles. The summed E-state index contributed by atoms with van der Waals surface area (Å²) in [5.74, 6) is 0.675. The van der Waals surface area contributed by atoms with Gasteiger partial charge in [-0.05, 0) is 18.2 Å². The van der Waals surface area contributed by atoms with Crippen LogP contribution < -0.4 is 15.8 Å². The van der Waals surface area contributed by atoms with Crippen molar-refractivity contribution in [2.24, 2.45) is 5.73 Å². The lowest BCUT2D eigenvalue weighted by atomic mass is 10.2. The Kier molecular flexibility index (Phi) is 4.27. The highest BCUT2D eigenvalue weighted by molar-refractivity contribution is 7.80. The highest BCUT2D eigenvalue weighted by Crippen LogP contribution is 2.28. The molecule has 3 N–H and O–H groups in total. The first-order valence-corrected chi connectivity index (χ1v) is 6.27. The lowest BCUT2D eigenvalue weighted by Crippen LogP contribution is -2.09. The van der Waals surface area contributed by atoms with Gasteiger partial charge in [-0.2, -0.15) is 0 Å². The van der Waals surface area contributed by atoms with Crippen molar-refractivity contribution in [3.8, 4) is 11.6 Å². The van der Waals surface area contributed by atoms with Gasteiger partial charge in [0.2, 0.25) is 11.8 Å². The minimum absolute atomic E-state index is 0.175. The summed E-state index contributed by atoms with van der Waals surface area (Å²) in [7, 11) is 0. The van der Waals surface area contributed by atoms with E-state index < -0.39 is 0 Å². The van der Waals surface area contributed by atoms with Gasteiger partial charge >= 0.3 is 0 Å². The number of rotatable bonds is 4. The molecule has 0 unspecified atom stereocenters. The van der Waals surface area contributed by atoms with Crippen LogP contribution in [0.4, 0.5) is 5.69 Å². The molecular formula is C14H13N3O2S. The number of anilines is 1. The van der Waals surface area contributed by atoms with Crippen LogP contribution in [0.25, 0.3) is 0 Å². The Morgan fingerprint density at radius 3 is 2.80 bits per heavy atom. The van der Waals surface area contributed by atoms with Crippen LogP contribution in [0.2, 0.25) is 0 Å². The van der Waals surface area contributed by atoms with Crippen molar-refractivity contribution in [3.63, 3.8) is 0 Å². The molecule has 0 aliphatic heterocycles. The quantitative estimate of drug-likeness (QED) is 0.845. The minimum Gasteiger partial charge on any atom is -0.437 e. The van der Waals surface area contributed by atoms with Gasteiger partial charge in [0.1, 0.15) is 4.99 Å². The van der Waals surface area contributed by atoms with Crippen molar-refractivity contribution in [1.29, 1.82) is 0 Å².